The molecule has 0 saturated heterocycles. The van der Waals surface area contributed by atoms with Crippen LogP contribution in [0.25, 0.3) is 17.0 Å². The first-order chi connectivity index (χ1) is 12.6. The lowest BCUT2D eigenvalue weighted by Crippen LogP contribution is -2.20. The van der Waals surface area contributed by atoms with Gasteiger partial charge in [0.05, 0.1) is 5.52 Å². The molecule has 0 spiro atoms. The lowest BCUT2D eigenvalue weighted by Gasteiger charge is -2.10. The Kier molecular flexibility index (Phi) is 5.08. The molecule has 2 aromatic carbocycles. The quantitative estimate of drug-likeness (QED) is 0.710. The molecule has 26 heavy (non-hydrogen) atoms. The van der Waals surface area contributed by atoms with E-state index in [9.17, 15) is 9.59 Å². The summed E-state index contributed by atoms with van der Waals surface area (Å²) in [6.07, 6.45) is 4.96. The van der Waals surface area contributed by atoms with Crippen molar-refractivity contribution in [1.29, 1.82) is 0 Å². The second-order valence-corrected chi connectivity index (χ2v) is 5.80. The molecule has 5 nitrogen and oxygen atoms in total. The van der Waals surface area contributed by atoms with Gasteiger partial charge in [-0.2, -0.15) is 0 Å². The Balaban J connectivity index is 1.81. The molecule has 3 aromatic rings. The molecule has 0 radical (unpaired) electrons. The molecule has 0 saturated carbocycles. The van der Waals surface area contributed by atoms with Crippen molar-refractivity contribution in [2.75, 3.05) is 12.4 Å². The van der Waals surface area contributed by atoms with Crippen molar-refractivity contribution in [1.82, 2.24) is 10.3 Å². The molecule has 0 aliphatic rings. The van der Waals surface area contributed by atoms with E-state index >= 15 is 0 Å². The van der Waals surface area contributed by atoms with Crippen LogP contribution in [0.3, 0.4) is 0 Å². The molecule has 3 rings (SSSR count). The first-order valence-electron chi connectivity index (χ1n) is 8.24. The largest absolute Gasteiger partial charge is 0.355 e. The van der Waals surface area contributed by atoms with Crippen LogP contribution in [0.15, 0.2) is 60.8 Å². The van der Waals surface area contributed by atoms with E-state index in [1.165, 1.54) is 6.08 Å². The standard InChI is InChI=1S/C21H19N3O2/c1-14-16(21(26)22-2)7-5-9-18(14)24-20(25)11-10-15-12-13-23-19-8-4-3-6-17(15)19/h3-13H,1-2H3,(H,22,26)(H,24,25)/b11-10-. The number of rotatable bonds is 4. The third-order valence-corrected chi connectivity index (χ3v) is 4.16. The number of benzene rings is 2. The molecule has 0 fully saturated rings. The highest BCUT2D eigenvalue weighted by molar-refractivity contribution is 6.05. The number of pyridine rings is 1. The molecule has 0 aliphatic carbocycles. The maximum absolute atomic E-state index is 12.3. The maximum Gasteiger partial charge on any atom is 0.251 e. The van der Waals surface area contributed by atoms with E-state index in [0.29, 0.717) is 11.3 Å². The highest BCUT2D eigenvalue weighted by atomic mass is 16.2. The first kappa shape index (κ1) is 17.4. The molecule has 0 atom stereocenters. The van der Waals surface area contributed by atoms with Crippen molar-refractivity contribution in [2.24, 2.45) is 0 Å². The van der Waals surface area contributed by atoms with Gasteiger partial charge in [-0.15, -0.1) is 0 Å². The number of nitrogens with zero attached hydrogens (tertiary/aromatic N) is 1. The first-order valence-corrected chi connectivity index (χ1v) is 8.24. The zero-order valence-corrected chi connectivity index (χ0v) is 14.6. The van der Waals surface area contributed by atoms with E-state index in [1.807, 2.05) is 30.3 Å². The zero-order chi connectivity index (χ0) is 18.5. The molecule has 0 aliphatic heterocycles. The fraction of sp³-hybridized carbons (Fsp3) is 0.0952. The monoisotopic (exact) mass is 345 g/mol. The Morgan fingerprint density at radius 3 is 2.65 bits per heavy atom. The average Bonchev–Trinajstić information content (AvgIpc) is 2.67. The normalized spacial score (nSPS) is 10.8. The van der Waals surface area contributed by atoms with E-state index in [0.717, 1.165) is 22.0 Å². The van der Waals surface area contributed by atoms with Gasteiger partial charge in [0.2, 0.25) is 5.91 Å². The third-order valence-electron chi connectivity index (χ3n) is 4.16. The lowest BCUT2D eigenvalue weighted by molar-refractivity contribution is -0.111. The summed E-state index contributed by atoms with van der Waals surface area (Å²) < 4.78 is 0. The smallest absolute Gasteiger partial charge is 0.251 e. The van der Waals surface area contributed by atoms with Crippen LogP contribution in [-0.2, 0) is 4.79 Å². The summed E-state index contributed by atoms with van der Waals surface area (Å²) in [5.74, 6) is -0.444. The van der Waals surface area contributed by atoms with Gasteiger partial charge in [-0.1, -0.05) is 24.3 Å². The van der Waals surface area contributed by atoms with E-state index in [1.54, 1.807) is 44.4 Å². The molecule has 1 aromatic heterocycles. The Hall–Kier alpha value is -3.47. The number of aromatic nitrogens is 1. The summed E-state index contributed by atoms with van der Waals surface area (Å²) >= 11 is 0. The van der Waals surface area contributed by atoms with Crippen LogP contribution >= 0.6 is 0 Å². The van der Waals surface area contributed by atoms with Gasteiger partial charge in [-0.3, -0.25) is 14.6 Å². The van der Waals surface area contributed by atoms with Gasteiger partial charge < -0.3 is 10.6 Å². The van der Waals surface area contributed by atoms with Crippen molar-refractivity contribution in [3.8, 4) is 0 Å². The van der Waals surface area contributed by atoms with Gasteiger partial charge in [0.25, 0.3) is 5.91 Å². The topological polar surface area (TPSA) is 71.1 Å². The number of nitrogens with one attached hydrogen (secondary N) is 2. The van der Waals surface area contributed by atoms with Crippen LogP contribution in [0, 0.1) is 6.92 Å². The second-order valence-electron chi connectivity index (χ2n) is 5.80. The van der Waals surface area contributed by atoms with E-state index in [4.69, 9.17) is 0 Å². The molecule has 2 N–H and O–H groups in total. The Morgan fingerprint density at radius 1 is 1.04 bits per heavy atom. The van der Waals surface area contributed by atoms with Gasteiger partial charge in [0, 0.05) is 36.0 Å². The van der Waals surface area contributed by atoms with Gasteiger partial charge in [-0.05, 0) is 48.4 Å². The Labute approximate surface area is 151 Å². The third kappa shape index (κ3) is 3.62. The summed E-state index contributed by atoms with van der Waals surface area (Å²) in [6, 6.07) is 14.9. The minimum Gasteiger partial charge on any atom is -0.355 e. The van der Waals surface area contributed by atoms with Crippen molar-refractivity contribution in [2.45, 2.75) is 6.92 Å². The van der Waals surface area contributed by atoms with Crippen LogP contribution < -0.4 is 10.6 Å². The molecule has 0 unspecified atom stereocenters. The molecule has 0 bridgehead atoms. The van der Waals surface area contributed by atoms with Crippen molar-refractivity contribution >= 4 is 34.5 Å². The van der Waals surface area contributed by atoms with E-state index in [-0.39, 0.29) is 11.8 Å². The number of fused-ring (bicyclic) bond motifs is 1. The molecule has 5 heteroatoms. The predicted molar refractivity (Wildman–Crippen MR) is 104 cm³/mol. The summed E-state index contributed by atoms with van der Waals surface area (Å²) in [5, 5.41) is 6.40. The zero-order valence-electron chi connectivity index (χ0n) is 14.6. The van der Waals surface area contributed by atoms with Crippen molar-refractivity contribution in [3.63, 3.8) is 0 Å². The number of para-hydroxylation sites is 1. The number of carbonyl (C=O) groups is 2. The molecule has 2 amide bonds. The minimum atomic E-state index is -0.261. The van der Waals surface area contributed by atoms with Crippen LogP contribution in [0.2, 0.25) is 0 Å². The van der Waals surface area contributed by atoms with Crippen molar-refractivity contribution < 1.29 is 9.59 Å². The predicted octanol–water partition coefficient (Wildman–Crippen LogP) is 3.55. The number of hydrogen-bond acceptors (Lipinski definition) is 3. The lowest BCUT2D eigenvalue weighted by atomic mass is 10.1. The number of carbonyl (C=O) groups excluding carboxylic acids is 2. The molecule has 1 heterocycles. The van der Waals surface area contributed by atoms with Crippen LogP contribution in [0.5, 0.6) is 0 Å². The number of hydrogen-bond donors (Lipinski definition) is 2. The highest BCUT2D eigenvalue weighted by Crippen LogP contribution is 2.20. The van der Waals surface area contributed by atoms with Gasteiger partial charge in [0.1, 0.15) is 0 Å². The van der Waals surface area contributed by atoms with Gasteiger partial charge in [-0.25, -0.2) is 0 Å². The minimum absolute atomic E-state index is 0.183. The van der Waals surface area contributed by atoms with Gasteiger partial charge >= 0.3 is 0 Å². The SMILES string of the molecule is CNC(=O)c1cccc(NC(=O)/C=C\c2ccnc3ccccc23)c1C. The van der Waals surface area contributed by atoms with Crippen LogP contribution in [0.4, 0.5) is 5.69 Å². The molecule has 130 valence electrons. The summed E-state index contributed by atoms with van der Waals surface area (Å²) in [6.45, 7) is 1.81. The average molecular weight is 345 g/mol. The van der Waals surface area contributed by atoms with E-state index < -0.39 is 0 Å². The van der Waals surface area contributed by atoms with E-state index in [2.05, 4.69) is 15.6 Å². The fourth-order valence-corrected chi connectivity index (χ4v) is 2.75. The fourth-order valence-electron chi connectivity index (χ4n) is 2.75. The van der Waals surface area contributed by atoms with Crippen LogP contribution in [0.1, 0.15) is 21.5 Å². The molecular formula is C21H19N3O2. The molecular weight excluding hydrogens is 326 g/mol. The second kappa shape index (κ2) is 7.61. The number of anilines is 1. The van der Waals surface area contributed by atoms with Crippen molar-refractivity contribution in [3.05, 3.63) is 77.5 Å². The number of amides is 2. The summed E-state index contributed by atoms with van der Waals surface area (Å²) in [5.41, 5.74) is 3.67. The summed E-state index contributed by atoms with van der Waals surface area (Å²) in [4.78, 5) is 28.5. The highest BCUT2D eigenvalue weighted by Gasteiger charge is 2.11. The van der Waals surface area contributed by atoms with Crippen LogP contribution in [-0.4, -0.2) is 23.8 Å². The Bertz CT molecular complexity index is 1000. The van der Waals surface area contributed by atoms with Gasteiger partial charge in [0.15, 0.2) is 0 Å². The summed E-state index contributed by atoms with van der Waals surface area (Å²) in [7, 11) is 1.58. The maximum atomic E-state index is 12.3. The Morgan fingerprint density at radius 2 is 1.85 bits per heavy atom.